The first kappa shape index (κ1) is 12.6. The third kappa shape index (κ3) is 2.87. The van der Waals surface area contributed by atoms with Crippen LogP contribution in [0.1, 0.15) is 16.7 Å². The molecule has 0 heterocycles. The lowest BCUT2D eigenvalue weighted by atomic mass is 10.1. The zero-order chi connectivity index (χ0) is 13.0. The topological polar surface area (TPSA) is 29.5 Å². The molecule has 3 heteroatoms. The van der Waals surface area contributed by atoms with E-state index in [0.29, 0.717) is 11.3 Å². The van der Waals surface area contributed by atoms with Crippen molar-refractivity contribution in [3.63, 3.8) is 0 Å². The van der Waals surface area contributed by atoms with Gasteiger partial charge in [-0.25, -0.2) is 4.39 Å². The second-order valence-corrected chi connectivity index (χ2v) is 4.14. The number of ether oxygens (including phenoxy) is 1. The quantitative estimate of drug-likeness (QED) is 0.897. The summed E-state index contributed by atoms with van der Waals surface area (Å²) in [6, 6.07) is 12.0. The van der Waals surface area contributed by atoms with E-state index in [-0.39, 0.29) is 19.0 Å². The number of halogens is 1. The van der Waals surface area contributed by atoms with Gasteiger partial charge in [0.15, 0.2) is 0 Å². The maximum atomic E-state index is 13.4. The van der Waals surface area contributed by atoms with Crippen LogP contribution in [0, 0.1) is 12.7 Å². The SMILES string of the molecule is Cc1ccc(CO)cc1OCc1ccccc1F. The Morgan fingerprint density at radius 3 is 2.67 bits per heavy atom. The van der Waals surface area contributed by atoms with Gasteiger partial charge in [-0.15, -0.1) is 0 Å². The molecule has 0 fully saturated rings. The lowest BCUT2D eigenvalue weighted by Crippen LogP contribution is -2.00. The van der Waals surface area contributed by atoms with Gasteiger partial charge in [0.1, 0.15) is 18.2 Å². The fourth-order valence-electron chi connectivity index (χ4n) is 1.67. The highest BCUT2D eigenvalue weighted by molar-refractivity contribution is 5.36. The molecule has 0 aliphatic rings. The molecule has 1 N–H and O–H groups in total. The van der Waals surface area contributed by atoms with Crippen LogP contribution >= 0.6 is 0 Å². The highest BCUT2D eigenvalue weighted by atomic mass is 19.1. The fourth-order valence-corrected chi connectivity index (χ4v) is 1.67. The predicted octanol–water partition coefficient (Wildman–Crippen LogP) is 3.21. The highest BCUT2D eigenvalue weighted by Gasteiger charge is 2.04. The van der Waals surface area contributed by atoms with Crippen molar-refractivity contribution < 1.29 is 14.2 Å². The number of aliphatic hydroxyl groups is 1. The number of hydrogen-bond donors (Lipinski definition) is 1. The summed E-state index contributed by atoms with van der Waals surface area (Å²) in [5, 5.41) is 9.07. The first-order chi connectivity index (χ1) is 8.70. The second-order valence-electron chi connectivity index (χ2n) is 4.14. The van der Waals surface area contributed by atoms with Crippen LogP contribution < -0.4 is 4.74 Å². The van der Waals surface area contributed by atoms with Crippen molar-refractivity contribution in [3.8, 4) is 5.75 Å². The maximum absolute atomic E-state index is 13.4. The number of aliphatic hydroxyl groups excluding tert-OH is 1. The average molecular weight is 246 g/mol. The molecule has 0 spiro atoms. The van der Waals surface area contributed by atoms with Gasteiger partial charge in [-0.3, -0.25) is 0 Å². The minimum absolute atomic E-state index is 0.0314. The average Bonchev–Trinajstić information content (AvgIpc) is 2.39. The van der Waals surface area contributed by atoms with Crippen LogP contribution in [0.4, 0.5) is 4.39 Å². The van der Waals surface area contributed by atoms with E-state index >= 15 is 0 Å². The zero-order valence-electron chi connectivity index (χ0n) is 10.2. The molecule has 0 aromatic heterocycles. The number of aryl methyl sites for hydroxylation is 1. The first-order valence-corrected chi connectivity index (χ1v) is 5.77. The maximum Gasteiger partial charge on any atom is 0.129 e. The summed E-state index contributed by atoms with van der Waals surface area (Å²) in [6.45, 7) is 2.07. The molecular formula is C15H15FO2. The summed E-state index contributed by atoms with van der Waals surface area (Å²) >= 11 is 0. The van der Waals surface area contributed by atoms with Gasteiger partial charge in [0.25, 0.3) is 0 Å². The van der Waals surface area contributed by atoms with Crippen molar-refractivity contribution >= 4 is 0 Å². The molecule has 0 radical (unpaired) electrons. The van der Waals surface area contributed by atoms with E-state index in [1.165, 1.54) is 6.07 Å². The molecule has 94 valence electrons. The standard InChI is InChI=1S/C15H15FO2/c1-11-6-7-12(9-17)8-15(11)18-10-13-4-2-3-5-14(13)16/h2-8,17H,9-10H2,1H3. The Morgan fingerprint density at radius 1 is 1.17 bits per heavy atom. The third-order valence-corrected chi connectivity index (χ3v) is 2.78. The molecule has 2 aromatic rings. The van der Waals surface area contributed by atoms with Crippen molar-refractivity contribution in [2.45, 2.75) is 20.1 Å². The van der Waals surface area contributed by atoms with Gasteiger partial charge in [-0.05, 0) is 30.2 Å². The molecule has 0 bridgehead atoms. The van der Waals surface area contributed by atoms with Crippen LogP contribution in [-0.2, 0) is 13.2 Å². The minimum atomic E-state index is -0.270. The van der Waals surface area contributed by atoms with Crippen LogP contribution in [0.25, 0.3) is 0 Å². The van der Waals surface area contributed by atoms with Crippen LogP contribution in [0.2, 0.25) is 0 Å². The van der Waals surface area contributed by atoms with E-state index in [1.807, 2.05) is 19.1 Å². The summed E-state index contributed by atoms with van der Waals surface area (Å²) in [6.07, 6.45) is 0. The highest BCUT2D eigenvalue weighted by Crippen LogP contribution is 2.21. The Labute approximate surface area is 106 Å². The number of rotatable bonds is 4. The smallest absolute Gasteiger partial charge is 0.129 e. The van der Waals surface area contributed by atoms with Crippen molar-refractivity contribution in [1.29, 1.82) is 0 Å². The largest absolute Gasteiger partial charge is 0.489 e. The molecule has 18 heavy (non-hydrogen) atoms. The van der Waals surface area contributed by atoms with E-state index in [1.54, 1.807) is 24.3 Å². The summed E-state index contributed by atoms with van der Waals surface area (Å²) in [5.41, 5.74) is 2.26. The Morgan fingerprint density at radius 2 is 1.94 bits per heavy atom. The van der Waals surface area contributed by atoms with E-state index in [4.69, 9.17) is 9.84 Å². The van der Waals surface area contributed by atoms with Crippen molar-refractivity contribution in [2.24, 2.45) is 0 Å². The van der Waals surface area contributed by atoms with E-state index in [0.717, 1.165) is 11.1 Å². The second kappa shape index (κ2) is 5.65. The summed E-state index contributed by atoms with van der Waals surface area (Å²) in [4.78, 5) is 0. The number of benzene rings is 2. The summed E-state index contributed by atoms with van der Waals surface area (Å²) in [5.74, 6) is 0.401. The van der Waals surface area contributed by atoms with Gasteiger partial charge < -0.3 is 9.84 Å². The normalized spacial score (nSPS) is 10.4. The minimum Gasteiger partial charge on any atom is -0.489 e. The molecule has 0 saturated heterocycles. The Kier molecular flexibility index (Phi) is 3.95. The number of hydrogen-bond acceptors (Lipinski definition) is 2. The van der Waals surface area contributed by atoms with Crippen LogP contribution in [0.3, 0.4) is 0 Å². The monoisotopic (exact) mass is 246 g/mol. The lowest BCUT2D eigenvalue weighted by Gasteiger charge is -2.11. The fraction of sp³-hybridized carbons (Fsp3) is 0.200. The van der Waals surface area contributed by atoms with E-state index in [9.17, 15) is 4.39 Å². The van der Waals surface area contributed by atoms with Crippen molar-refractivity contribution in [1.82, 2.24) is 0 Å². The molecule has 2 rings (SSSR count). The first-order valence-electron chi connectivity index (χ1n) is 5.77. The molecular weight excluding hydrogens is 231 g/mol. The molecule has 2 nitrogen and oxygen atoms in total. The van der Waals surface area contributed by atoms with Gasteiger partial charge in [-0.1, -0.05) is 30.3 Å². The molecule has 0 amide bonds. The van der Waals surface area contributed by atoms with Gasteiger partial charge in [-0.2, -0.15) is 0 Å². The van der Waals surface area contributed by atoms with Crippen molar-refractivity contribution in [2.75, 3.05) is 0 Å². The molecule has 0 atom stereocenters. The molecule has 0 unspecified atom stereocenters. The summed E-state index contributed by atoms with van der Waals surface area (Å²) < 4.78 is 19.0. The molecule has 0 aliphatic heterocycles. The molecule has 0 aliphatic carbocycles. The van der Waals surface area contributed by atoms with E-state index < -0.39 is 0 Å². The van der Waals surface area contributed by atoms with Gasteiger partial charge in [0.05, 0.1) is 6.61 Å². The van der Waals surface area contributed by atoms with Gasteiger partial charge in [0.2, 0.25) is 0 Å². The van der Waals surface area contributed by atoms with E-state index in [2.05, 4.69) is 0 Å². The Hall–Kier alpha value is -1.87. The molecule has 2 aromatic carbocycles. The van der Waals surface area contributed by atoms with Crippen LogP contribution in [0.15, 0.2) is 42.5 Å². The van der Waals surface area contributed by atoms with Gasteiger partial charge in [0, 0.05) is 5.56 Å². The molecule has 0 saturated carbocycles. The predicted molar refractivity (Wildman–Crippen MR) is 67.8 cm³/mol. The van der Waals surface area contributed by atoms with Gasteiger partial charge >= 0.3 is 0 Å². The van der Waals surface area contributed by atoms with Crippen LogP contribution in [0.5, 0.6) is 5.75 Å². The van der Waals surface area contributed by atoms with Crippen LogP contribution in [-0.4, -0.2) is 5.11 Å². The lowest BCUT2D eigenvalue weighted by molar-refractivity contribution is 0.276. The zero-order valence-corrected chi connectivity index (χ0v) is 10.2. The Bertz CT molecular complexity index is 538. The Balaban J connectivity index is 2.13. The third-order valence-electron chi connectivity index (χ3n) is 2.78. The summed E-state index contributed by atoms with van der Waals surface area (Å²) in [7, 11) is 0. The van der Waals surface area contributed by atoms with Crippen molar-refractivity contribution in [3.05, 3.63) is 65.0 Å².